The summed E-state index contributed by atoms with van der Waals surface area (Å²) in [6.07, 6.45) is 5.38. The highest BCUT2D eigenvalue weighted by molar-refractivity contribution is 5.46. The summed E-state index contributed by atoms with van der Waals surface area (Å²) in [5.74, 6) is 0.601. The van der Waals surface area contributed by atoms with E-state index in [2.05, 4.69) is 27.4 Å². The molecular weight excluding hydrogens is 204 g/mol. The number of ether oxygens (including phenoxy) is 1. The molecule has 0 spiro atoms. The first-order chi connectivity index (χ1) is 7.79. The van der Waals surface area contributed by atoms with Gasteiger partial charge in [-0.2, -0.15) is 5.10 Å². The van der Waals surface area contributed by atoms with Gasteiger partial charge in [0.05, 0.1) is 19.3 Å². The molecule has 0 aromatic carbocycles. The molecule has 1 atom stereocenters. The van der Waals surface area contributed by atoms with Crippen LogP contribution in [0.4, 0.5) is 5.69 Å². The fourth-order valence-corrected chi connectivity index (χ4v) is 1.44. The second kappa shape index (κ2) is 4.65. The number of anilines is 1. The highest BCUT2D eigenvalue weighted by Gasteiger charge is 2.06. The lowest BCUT2D eigenvalue weighted by molar-refractivity contribution is 0.398. The number of nitrogens with one attached hydrogen (secondary N) is 2. The fourth-order valence-electron chi connectivity index (χ4n) is 1.44. The molecule has 0 fully saturated rings. The van der Waals surface area contributed by atoms with E-state index in [4.69, 9.17) is 4.74 Å². The van der Waals surface area contributed by atoms with Crippen molar-refractivity contribution in [1.82, 2.24) is 15.2 Å². The van der Waals surface area contributed by atoms with Gasteiger partial charge in [-0.3, -0.25) is 5.10 Å². The molecule has 5 nitrogen and oxygen atoms in total. The van der Waals surface area contributed by atoms with Crippen molar-refractivity contribution >= 4 is 5.69 Å². The van der Waals surface area contributed by atoms with E-state index in [9.17, 15) is 0 Å². The summed E-state index contributed by atoms with van der Waals surface area (Å²) in [6.45, 7) is 2.07. The molecule has 2 aromatic heterocycles. The van der Waals surface area contributed by atoms with Crippen molar-refractivity contribution in [2.75, 3.05) is 12.4 Å². The van der Waals surface area contributed by atoms with E-state index in [1.54, 1.807) is 19.5 Å². The number of aromatic amines is 1. The monoisotopic (exact) mass is 218 g/mol. The van der Waals surface area contributed by atoms with Gasteiger partial charge in [0.25, 0.3) is 0 Å². The lowest BCUT2D eigenvalue weighted by atomic mass is 10.2. The number of hydrogen-bond acceptors (Lipinski definition) is 4. The molecule has 0 aliphatic carbocycles. The van der Waals surface area contributed by atoms with Gasteiger partial charge in [0.1, 0.15) is 0 Å². The van der Waals surface area contributed by atoms with Crippen LogP contribution in [0, 0.1) is 0 Å². The molecule has 2 heterocycles. The van der Waals surface area contributed by atoms with Crippen molar-refractivity contribution in [2.24, 2.45) is 0 Å². The quantitative estimate of drug-likeness (QED) is 0.823. The third-order valence-corrected chi connectivity index (χ3v) is 2.35. The van der Waals surface area contributed by atoms with Gasteiger partial charge in [-0.15, -0.1) is 0 Å². The van der Waals surface area contributed by atoms with Crippen LogP contribution in [0.25, 0.3) is 0 Å². The Kier molecular flexibility index (Phi) is 3.05. The SMILES string of the molecule is COc1cc(NC(C)c2cn[nH]c2)ccn1. The predicted molar refractivity (Wildman–Crippen MR) is 61.4 cm³/mol. The van der Waals surface area contributed by atoms with Crippen LogP contribution in [0.3, 0.4) is 0 Å². The topological polar surface area (TPSA) is 62.8 Å². The normalized spacial score (nSPS) is 12.1. The van der Waals surface area contributed by atoms with Crippen molar-refractivity contribution in [1.29, 1.82) is 0 Å². The van der Waals surface area contributed by atoms with E-state index in [1.165, 1.54) is 0 Å². The highest BCUT2D eigenvalue weighted by Crippen LogP contribution is 2.20. The van der Waals surface area contributed by atoms with Crippen LogP contribution in [-0.4, -0.2) is 22.3 Å². The number of aromatic nitrogens is 3. The molecule has 0 saturated carbocycles. The fraction of sp³-hybridized carbons (Fsp3) is 0.273. The molecule has 0 saturated heterocycles. The van der Waals surface area contributed by atoms with E-state index in [-0.39, 0.29) is 6.04 Å². The summed E-state index contributed by atoms with van der Waals surface area (Å²) in [6, 6.07) is 3.95. The van der Waals surface area contributed by atoms with Crippen molar-refractivity contribution in [2.45, 2.75) is 13.0 Å². The van der Waals surface area contributed by atoms with E-state index in [0.29, 0.717) is 5.88 Å². The Labute approximate surface area is 93.9 Å². The maximum absolute atomic E-state index is 5.06. The van der Waals surface area contributed by atoms with Crippen LogP contribution in [-0.2, 0) is 0 Å². The zero-order chi connectivity index (χ0) is 11.4. The zero-order valence-corrected chi connectivity index (χ0v) is 9.27. The first-order valence-corrected chi connectivity index (χ1v) is 5.05. The summed E-state index contributed by atoms with van der Waals surface area (Å²) in [7, 11) is 1.60. The Morgan fingerprint density at radius 2 is 2.38 bits per heavy atom. The molecule has 16 heavy (non-hydrogen) atoms. The second-order valence-electron chi connectivity index (χ2n) is 3.48. The maximum Gasteiger partial charge on any atom is 0.214 e. The molecule has 0 amide bonds. The van der Waals surface area contributed by atoms with Crippen molar-refractivity contribution in [3.05, 3.63) is 36.3 Å². The molecule has 84 valence electrons. The number of rotatable bonds is 4. The van der Waals surface area contributed by atoms with Crippen molar-refractivity contribution in [3.63, 3.8) is 0 Å². The van der Waals surface area contributed by atoms with Gasteiger partial charge in [0, 0.05) is 29.7 Å². The van der Waals surface area contributed by atoms with E-state index < -0.39 is 0 Å². The number of methoxy groups -OCH3 is 1. The van der Waals surface area contributed by atoms with Gasteiger partial charge in [-0.1, -0.05) is 0 Å². The molecular formula is C11H14N4O. The summed E-state index contributed by atoms with van der Waals surface area (Å²) in [5, 5.41) is 10.0. The van der Waals surface area contributed by atoms with E-state index in [0.717, 1.165) is 11.3 Å². The van der Waals surface area contributed by atoms with E-state index in [1.807, 2.05) is 18.3 Å². The average Bonchev–Trinajstić information content (AvgIpc) is 2.83. The minimum Gasteiger partial charge on any atom is -0.481 e. The van der Waals surface area contributed by atoms with Crippen LogP contribution in [0.1, 0.15) is 18.5 Å². The lowest BCUT2D eigenvalue weighted by Crippen LogP contribution is -2.05. The van der Waals surface area contributed by atoms with Crippen LogP contribution in [0.15, 0.2) is 30.7 Å². The molecule has 1 unspecified atom stereocenters. The smallest absolute Gasteiger partial charge is 0.214 e. The molecule has 0 aliphatic heterocycles. The van der Waals surface area contributed by atoms with Crippen LogP contribution >= 0.6 is 0 Å². The number of H-pyrrole nitrogens is 1. The molecule has 2 rings (SSSR count). The Morgan fingerprint density at radius 1 is 1.50 bits per heavy atom. The minimum absolute atomic E-state index is 0.186. The molecule has 2 N–H and O–H groups in total. The Morgan fingerprint density at radius 3 is 3.06 bits per heavy atom. The highest BCUT2D eigenvalue weighted by atomic mass is 16.5. The Balaban J connectivity index is 2.08. The second-order valence-corrected chi connectivity index (χ2v) is 3.48. The van der Waals surface area contributed by atoms with Crippen molar-refractivity contribution in [3.8, 4) is 5.88 Å². The summed E-state index contributed by atoms with van der Waals surface area (Å²) < 4.78 is 5.06. The van der Waals surface area contributed by atoms with Gasteiger partial charge in [0.15, 0.2) is 0 Å². The van der Waals surface area contributed by atoms with Gasteiger partial charge < -0.3 is 10.1 Å². The maximum atomic E-state index is 5.06. The van der Waals surface area contributed by atoms with Crippen LogP contribution in [0.2, 0.25) is 0 Å². The Bertz CT molecular complexity index is 441. The van der Waals surface area contributed by atoms with Gasteiger partial charge in [0.2, 0.25) is 5.88 Å². The first kappa shape index (κ1) is 10.5. The summed E-state index contributed by atoms with van der Waals surface area (Å²) in [5.41, 5.74) is 2.08. The number of pyridine rings is 1. The van der Waals surface area contributed by atoms with Gasteiger partial charge >= 0.3 is 0 Å². The average molecular weight is 218 g/mol. The molecule has 0 aliphatic rings. The lowest BCUT2D eigenvalue weighted by Gasteiger charge is -2.13. The summed E-state index contributed by atoms with van der Waals surface area (Å²) in [4.78, 5) is 4.05. The Hall–Kier alpha value is -2.04. The molecule has 0 bridgehead atoms. The number of hydrogen-bond donors (Lipinski definition) is 2. The van der Waals surface area contributed by atoms with Crippen LogP contribution in [0.5, 0.6) is 5.88 Å². The third-order valence-electron chi connectivity index (χ3n) is 2.35. The minimum atomic E-state index is 0.186. The number of nitrogens with zero attached hydrogens (tertiary/aromatic N) is 2. The molecule has 5 heteroatoms. The largest absolute Gasteiger partial charge is 0.481 e. The first-order valence-electron chi connectivity index (χ1n) is 5.05. The zero-order valence-electron chi connectivity index (χ0n) is 9.27. The van der Waals surface area contributed by atoms with Gasteiger partial charge in [-0.05, 0) is 13.0 Å². The van der Waals surface area contributed by atoms with Crippen LogP contribution < -0.4 is 10.1 Å². The van der Waals surface area contributed by atoms with E-state index >= 15 is 0 Å². The standard InChI is InChI=1S/C11H14N4O/c1-8(9-6-13-14-7-9)15-10-3-4-12-11(5-10)16-2/h3-8H,1-2H3,(H,12,15)(H,13,14). The summed E-state index contributed by atoms with van der Waals surface area (Å²) >= 11 is 0. The molecule has 2 aromatic rings. The predicted octanol–water partition coefficient (Wildman–Crippen LogP) is 1.99. The third kappa shape index (κ3) is 2.31. The van der Waals surface area contributed by atoms with Gasteiger partial charge in [-0.25, -0.2) is 4.98 Å². The van der Waals surface area contributed by atoms with Crippen molar-refractivity contribution < 1.29 is 4.74 Å². The molecule has 0 radical (unpaired) electrons.